The first-order valence-electron chi connectivity index (χ1n) is 9.72. The van der Waals surface area contributed by atoms with E-state index in [0.717, 1.165) is 62.9 Å². The molecule has 8 heteroatoms. The molecule has 3 fully saturated rings. The zero-order valence-electron chi connectivity index (χ0n) is 16.2. The average Bonchev–Trinajstić information content (AvgIpc) is 3.29. The summed E-state index contributed by atoms with van der Waals surface area (Å²) in [6.45, 7) is 5.00. The Morgan fingerprint density at radius 1 is 1.26 bits per heavy atom. The van der Waals surface area contributed by atoms with E-state index in [2.05, 4.69) is 49.6 Å². The molecule has 0 aliphatic carbocycles. The van der Waals surface area contributed by atoms with Gasteiger partial charge in [0.25, 0.3) is 0 Å². The molecule has 2 N–H and O–H groups in total. The van der Waals surface area contributed by atoms with E-state index in [1.165, 1.54) is 6.42 Å². The van der Waals surface area contributed by atoms with Crippen molar-refractivity contribution in [1.29, 1.82) is 0 Å². The number of rotatable bonds is 4. The molecular weight excluding hydrogens is 455 g/mol. The van der Waals surface area contributed by atoms with E-state index in [0.29, 0.717) is 18.2 Å². The maximum Gasteiger partial charge on any atom is 0.191 e. The van der Waals surface area contributed by atoms with Crippen molar-refractivity contribution in [2.75, 3.05) is 45.2 Å². The molecule has 3 aliphatic heterocycles. The third kappa shape index (κ3) is 5.03. The number of pyridine rings is 1. The summed E-state index contributed by atoms with van der Waals surface area (Å²) in [5.74, 6) is 1.91. The molecule has 3 aliphatic rings. The first-order valence-corrected chi connectivity index (χ1v) is 9.72. The van der Waals surface area contributed by atoms with Crippen LogP contribution in [-0.2, 0) is 11.3 Å². The summed E-state index contributed by atoms with van der Waals surface area (Å²) in [6, 6.07) is 4.67. The predicted molar refractivity (Wildman–Crippen MR) is 119 cm³/mol. The standard InChI is InChI=1S/C19H30N6O.HI/c1-20-19(23-16-11-15-4-5-17(16)26-15)22-13-14-3-6-18(21-12-14)25-9-7-24(2)8-10-25;/h3,6,12,15-17H,4-5,7-11,13H2,1-2H3,(H2,20,22,23);1H. The summed E-state index contributed by atoms with van der Waals surface area (Å²) < 4.78 is 5.91. The molecule has 4 rings (SSSR count). The zero-order valence-corrected chi connectivity index (χ0v) is 18.6. The highest BCUT2D eigenvalue weighted by atomic mass is 127. The Labute approximate surface area is 179 Å². The minimum atomic E-state index is 0. The van der Waals surface area contributed by atoms with Crippen molar-refractivity contribution in [3.8, 4) is 0 Å². The number of halogens is 1. The number of nitrogens with zero attached hydrogens (tertiary/aromatic N) is 4. The van der Waals surface area contributed by atoms with E-state index in [1.54, 1.807) is 0 Å². The van der Waals surface area contributed by atoms with Gasteiger partial charge in [0.15, 0.2) is 5.96 Å². The van der Waals surface area contributed by atoms with Crippen molar-refractivity contribution in [2.45, 2.75) is 44.1 Å². The summed E-state index contributed by atoms with van der Waals surface area (Å²) in [5, 5.41) is 6.92. The second-order valence-electron chi connectivity index (χ2n) is 7.60. The van der Waals surface area contributed by atoms with Gasteiger partial charge in [-0.2, -0.15) is 0 Å². The van der Waals surface area contributed by atoms with Gasteiger partial charge in [-0.15, -0.1) is 24.0 Å². The molecule has 2 bridgehead atoms. The van der Waals surface area contributed by atoms with Crippen molar-refractivity contribution in [2.24, 2.45) is 4.99 Å². The number of anilines is 1. The van der Waals surface area contributed by atoms with Crippen LogP contribution in [0.3, 0.4) is 0 Å². The number of likely N-dealkylation sites (N-methyl/N-ethyl adjacent to an activating group) is 1. The zero-order chi connectivity index (χ0) is 17.9. The van der Waals surface area contributed by atoms with Crippen molar-refractivity contribution >= 4 is 35.8 Å². The maximum atomic E-state index is 5.91. The smallest absolute Gasteiger partial charge is 0.191 e. The second kappa shape index (κ2) is 9.38. The number of hydrogen-bond donors (Lipinski definition) is 2. The first-order chi connectivity index (χ1) is 12.7. The van der Waals surface area contributed by atoms with Crippen LogP contribution in [0.1, 0.15) is 24.8 Å². The Bertz CT molecular complexity index is 632. The number of aliphatic imine (C=N–C) groups is 1. The number of piperazine rings is 1. The Hall–Kier alpha value is -1.13. The van der Waals surface area contributed by atoms with Gasteiger partial charge in [0.1, 0.15) is 5.82 Å². The summed E-state index contributed by atoms with van der Waals surface area (Å²) in [5.41, 5.74) is 1.16. The molecule has 3 saturated heterocycles. The lowest BCUT2D eigenvalue weighted by Gasteiger charge is -2.33. The van der Waals surface area contributed by atoms with E-state index in [4.69, 9.17) is 4.74 Å². The van der Waals surface area contributed by atoms with Gasteiger partial charge >= 0.3 is 0 Å². The normalized spacial score (nSPS) is 28.1. The highest BCUT2D eigenvalue weighted by molar-refractivity contribution is 14.0. The molecule has 1 aromatic heterocycles. The largest absolute Gasteiger partial charge is 0.373 e. The number of fused-ring (bicyclic) bond motifs is 2. The molecular formula is C19H31IN6O. The molecule has 0 saturated carbocycles. The van der Waals surface area contributed by atoms with E-state index in [1.807, 2.05) is 13.2 Å². The fraction of sp³-hybridized carbons (Fsp3) is 0.684. The fourth-order valence-electron chi connectivity index (χ4n) is 4.09. The van der Waals surface area contributed by atoms with E-state index in [9.17, 15) is 0 Å². The van der Waals surface area contributed by atoms with Gasteiger partial charge in [-0.3, -0.25) is 4.99 Å². The van der Waals surface area contributed by atoms with Crippen LogP contribution in [0, 0.1) is 0 Å². The van der Waals surface area contributed by atoms with Gasteiger partial charge in [0.2, 0.25) is 0 Å². The molecule has 7 nitrogen and oxygen atoms in total. The Morgan fingerprint density at radius 3 is 2.67 bits per heavy atom. The molecule has 0 radical (unpaired) electrons. The average molecular weight is 486 g/mol. The SMILES string of the molecule is CN=C(NCc1ccc(N2CCN(C)CC2)nc1)NC1CC2CCC1O2.I. The summed E-state index contributed by atoms with van der Waals surface area (Å²) >= 11 is 0. The molecule has 0 amide bonds. The highest BCUT2D eigenvalue weighted by Gasteiger charge is 2.41. The monoisotopic (exact) mass is 486 g/mol. The second-order valence-corrected chi connectivity index (χ2v) is 7.60. The molecule has 1 aromatic rings. The summed E-state index contributed by atoms with van der Waals surface area (Å²) in [7, 11) is 3.99. The number of aromatic nitrogens is 1. The van der Waals surface area contributed by atoms with Crippen LogP contribution in [0.15, 0.2) is 23.3 Å². The van der Waals surface area contributed by atoms with Crippen LogP contribution in [0.25, 0.3) is 0 Å². The van der Waals surface area contributed by atoms with Crippen LogP contribution in [0.2, 0.25) is 0 Å². The number of guanidine groups is 1. The lowest BCUT2D eigenvalue weighted by Crippen LogP contribution is -2.47. The molecule has 3 atom stereocenters. The fourth-order valence-corrected chi connectivity index (χ4v) is 4.09. The predicted octanol–water partition coefficient (Wildman–Crippen LogP) is 1.44. The highest BCUT2D eigenvalue weighted by Crippen LogP contribution is 2.34. The molecule has 4 heterocycles. The minimum Gasteiger partial charge on any atom is -0.373 e. The Balaban J connectivity index is 0.00000210. The Kier molecular flexibility index (Phi) is 7.16. The van der Waals surface area contributed by atoms with Crippen molar-refractivity contribution in [1.82, 2.24) is 20.5 Å². The number of hydrogen-bond acceptors (Lipinski definition) is 5. The molecule has 0 spiro atoms. The van der Waals surface area contributed by atoms with Crippen LogP contribution in [-0.4, -0.2) is 74.4 Å². The van der Waals surface area contributed by atoms with E-state index < -0.39 is 0 Å². The molecule has 3 unspecified atom stereocenters. The van der Waals surface area contributed by atoms with Gasteiger partial charge in [0, 0.05) is 46.0 Å². The van der Waals surface area contributed by atoms with Gasteiger partial charge in [-0.05, 0) is 37.9 Å². The quantitative estimate of drug-likeness (QED) is 0.382. The number of nitrogens with one attached hydrogen (secondary N) is 2. The number of ether oxygens (including phenoxy) is 1. The van der Waals surface area contributed by atoms with Crippen molar-refractivity contribution in [3.05, 3.63) is 23.9 Å². The van der Waals surface area contributed by atoms with Crippen molar-refractivity contribution in [3.63, 3.8) is 0 Å². The first kappa shape index (κ1) is 20.6. The molecule has 150 valence electrons. The van der Waals surface area contributed by atoms with Crippen molar-refractivity contribution < 1.29 is 4.74 Å². The third-order valence-electron chi connectivity index (χ3n) is 5.75. The van der Waals surface area contributed by atoms with Gasteiger partial charge in [-0.1, -0.05) is 6.07 Å². The summed E-state index contributed by atoms with van der Waals surface area (Å²) in [4.78, 5) is 13.7. The lowest BCUT2D eigenvalue weighted by atomic mass is 9.96. The molecule has 27 heavy (non-hydrogen) atoms. The Morgan fingerprint density at radius 2 is 2.07 bits per heavy atom. The van der Waals surface area contributed by atoms with Crippen LogP contribution in [0.5, 0.6) is 0 Å². The van der Waals surface area contributed by atoms with E-state index >= 15 is 0 Å². The lowest BCUT2D eigenvalue weighted by molar-refractivity contribution is 0.0992. The van der Waals surface area contributed by atoms with Crippen LogP contribution >= 0.6 is 24.0 Å². The van der Waals surface area contributed by atoms with Crippen LogP contribution in [0.4, 0.5) is 5.82 Å². The topological polar surface area (TPSA) is 65.0 Å². The minimum absolute atomic E-state index is 0. The third-order valence-corrected chi connectivity index (χ3v) is 5.75. The van der Waals surface area contributed by atoms with Gasteiger partial charge in [-0.25, -0.2) is 4.98 Å². The van der Waals surface area contributed by atoms with Crippen LogP contribution < -0.4 is 15.5 Å². The van der Waals surface area contributed by atoms with Gasteiger partial charge in [0.05, 0.1) is 18.2 Å². The maximum absolute atomic E-state index is 5.91. The molecule has 0 aromatic carbocycles. The summed E-state index contributed by atoms with van der Waals surface area (Å²) in [6.07, 6.45) is 6.23. The van der Waals surface area contributed by atoms with E-state index in [-0.39, 0.29) is 24.0 Å². The van der Waals surface area contributed by atoms with Gasteiger partial charge < -0.3 is 25.2 Å².